The first kappa shape index (κ1) is 27.4. The second kappa shape index (κ2) is 13.1. The summed E-state index contributed by atoms with van der Waals surface area (Å²) in [5.41, 5.74) is -1.48. The van der Waals surface area contributed by atoms with Crippen LogP contribution in [0.2, 0.25) is 0 Å². The highest BCUT2D eigenvalue weighted by Crippen LogP contribution is 2.19. The number of likely N-dealkylation sites (N-methyl/N-ethyl adjacent to an activating group) is 1. The molecule has 33 heavy (non-hydrogen) atoms. The second-order valence-electron chi connectivity index (χ2n) is 7.29. The van der Waals surface area contributed by atoms with Crippen molar-refractivity contribution in [1.29, 1.82) is 0 Å². The van der Waals surface area contributed by atoms with Gasteiger partial charge < -0.3 is 35.6 Å². The van der Waals surface area contributed by atoms with Gasteiger partial charge in [-0.1, -0.05) is 0 Å². The topological polar surface area (TPSA) is 186 Å². The minimum atomic E-state index is -1.65. The fraction of sp³-hybridized carbons (Fsp3) is 0.500. The maximum atomic E-state index is 12.8. The minimum Gasteiger partial charge on any atom is -0.481 e. The van der Waals surface area contributed by atoms with Crippen molar-refractivity contribution < 1.29 is 43.7 Å². The van der Waals surface area contributed by atoms with E-state index in [2.05, 4.69) is 15.6 Å². The molecule has 12 nitrogen and oxygen atoms in total. The third kappa shape index (κ3) is 8.44. The molecular formula is C20H27FN4O8. The number of aldehydes is 1. The highest BCUT2D eigenvalue weighted by atomic mass is 19.1. The van der Waals surface area contributed by atoms with Crippen LogP contribution in [0.3, 0.4) is 0 Å². The number of urea groups is 1. The van der Waals surface area contributed by atoms with Crippen molar-refractivity contribution in [3.05, 3.63) is 29.8 Å². The quantitative estimate of drug-likeness (QED) is 0.142. The van der Waals surface area contributed by atoms with Crippen LogP contribution in [0.1, 0.15) is 42.5 Å². The Kier molecular flexibility index (Phi) is 10.8. The number of unbranched alkanes of at least 4 members (excludes halogenated alkanes) is 1. The number of hydrogen-bond acceptors (Lipinski definition) is 7. The van der Waals surface area contributed by atoms with E-state index in [0.29, 0.717) is 19.1 Å². The number of carbonyl (C=O) groups excluding carboxylic acids is 3. The predicted octanol–water partition coefficient (Wildman–Crippen LogP) is 0.0102. The van der Waals surface area contributed by atoms with Gasteiger partial charge in [0.05, 0.1) is 12.2 Å². The highest BCUT2D eigenvalue weighted by molar-refractivity contribution is 5.93. The zero-order valence-electron chi connectivity index (χ0n) is 18.0. The fourth-order valence-electron chi connectivity index (χ4n) is 2.87. The van der Waals surface area contributed by atoms with Crippen molar-refractivity contribution in [2.75, 3.05) is 20.2 Å². The minimum absolute atomic E-state index is 0.0117. The molecule has 0 bridgehead atoms. The number of carboxylic acid groups (broad SMARTS) is 2. The summed E-state index contributed by atoms with van der Waals surface area (Å²) < 4.78 is 12.8. The Morgan fingerprint density at radius 1 is 1.24 bits per heavy atom. The highest BCUT2D eigenvalue weighted by Gasteiger charge is 2.37. The number of aromatic nitrogens is 1. The van der Waals surface area contributed by atoms with Crippen LogP contribution in [0.15, 0.2) is 18.3 Å². The SMILES string of the molecule is CN(C(=O)N[C@@H](CCC(=O)O)C(=O)O)[C@](C=O)(CO)CCCCNC(=O)c1ccc(F)nc1. The summed E-state index contributed by atoms with van der Waals surface area (Å²) in [6.45, 7) is -0.538. The summed E-state index contributed by atoms with van der Waals surface area (Å²) in [5, 5.41) is 32.4. The molecule has 182 valence electrons. The van der Waals surface area contributed by atoms with E-state index in [9.17, 15) is 38.6 Å². The maximum absolute atomic E-state index is 12.8. The first-order chi connectivity index (χ1) is 15.6. The molecule has 0 aliphatic carbocycles. The number of aliphatic hydroxyl groups excluding tert-OH is 1. The smallest absolute Gasteiger partial charge is 0.326 e. The molecule has 0 fully saturated rings. The maximum Gasteiger partial charge on any atom is 0.326 e. The molecule has 1 aromatic heterocycles. The lowest BCUT2D eigenvalue weighted by atomic mass is 9.93. The van der Waals surface area contributed by atoms with Crippen molar-refractivity contribution in [3.63, 3.8) is 0 Å². The van der Waals surface area contributed by atoms with E-state index in [1.807, 2.05) is 0 Å². The van der Waals surface area contributed by atoms with Crippen LogP contribution >= 0.6 is 0 Å². The summed E-state index contributed by atoms with van der Waals surface area (Å²) in [6, 6.07) is -0.136. The summed E-state index contributed by atoms with van der Waals surface area (Å²) in [4.78, 5) is 62.4. The standard InChI is InChI=1S/C20H27FN4O8/c1-25(19(33)24-14(18(31)32)5-7-16(28)29)20(11-26,12-27)8-2-3-9-22-17(30)13-4-6-15(21)23-10-13/h4,6,10-11,14,27H,2-3,5,7-9,12H2,1H3,(H,22,30)(H,24,33)(H,28,29)(H,31,32)/t14-,20+/m0/s1. The first-order valence-electron chi connectivity index (χ1n) is 10.0. The van der Waals surface area contributed by atoms with Gasteiger partial charge in [0.1, 0.15) is 17.9 Å². The van der Waals surface area contributed by atoms with E-state index >= 15 is 0 Å². The van der Waals surface area contributed by atoms with Crippen molar-refractivity contribution >= 4 is 30.2 Å². The molecule has 0 aliphatic rings. The van der Waals surface area contributed by atoms with Crippen LogP contribution in [0.4, 0.5) is 9.18 Å². The second-order valence-corrected chi connectivity index (χ2v) is 7.29. The van der Waals surface area contributed by atoms with Gasteiger partial charge in [-0.3, -0.25) is 9.59 Å². The molecule has 5 N–H and O–H groups in total. The Morgan fingerprint density at radius 2 is 1.94 bits per heavy atom. The van der Waals surface area contributed by atoms with Crippen molar-refractivity contribution in [1.82, 2.24) is 20.5 Å². The van der Waals surface area contributed by atoms with E-state index < -0.39 is 54.4 Å². The van der Waals surface area contributed by atoms with Gasteiger partial charge in [0.2, 0.25) is 5.95 Å². The van der Waals surface area contributed by atoms with Gasteiger partial charge in [-0.2, -0.15) is 4.39 Å². The van der Waals surface area contributed by atoms with Gasteiger partial charge in [0, 0.05) is 26.2 Å². The number of amides is 3. The lowest BCUT2D eigenvalue weighted by Crippen LogP contribution is -2.58. The molecule has 0 aliphatic heterocycles. The lowest BCUT2D eigenvalue weighted by Gasteiger charge is -2.36. The molecule has 0 spiro atoms. The monoisotopic (exact) mass is 470 g/mol. The van der Waals surface area contributed by atoms with Crippen molar-refractivity contribution in [3.8, 4) is 0 Å². The van der Waals surface area contributed by atoms with Gasteiger partial charge in [-0.05, 0) is 37.8 Å². The van der Waals surface area contributed by atoms with Crippen molar-refractivity contribution in [2.24, 2.45) is 0 Å². The van der Waals surface area contributed by atoms with Gasteiger partial charge >= 0.3 is 18.0 Å². The lowest BCUT2D eigenvalue weighted by molar-refractivity contribution is -0.140. The largest absolute Gasteiger partial charge is 0.481 e. The van der Waals surface area contributed by atoms with E-state index in [1.54, 1.807) is 0 Å². The Hall–Kier alpha value is -3.61. The normalized spacial score (nSPS) is 13.3. The average Bonchev–Trinajstić information content (AvgIpc) is 2.78. The zero-order chi connectivity index (χ0) is 25.0. The van der Waals surface area contributed by atoms with Gasteiger partial charge in [0.25, 0.3) is 5.91 Å². The van der Waals surface area contributed by atoms with Crippen LogP contribution in [-0.4, -0.2) is 87.1 Å². The summed E-state index contributed by atoms with van der Waals surface area (Å²) >= 11 is 0. The fourth-order valence-corrected chi connectivity index (χ4v) is 2.87. The Morgan fingerprint density at radius 3 is 2.45 bits per heavy atom. The molecule has 2 atom stereocenters. The molecule has 1 rings (SSSR count). The molecule has 1 heterocycles. The number of aliphatic carboxylic acids is 2. The van der Waals surface area contributed by atoms with Crippen molar-refractivity contribution in [2.45, 2.75) is 43.7 Å². The number of nitrogens with one attached hydrogen (secondary N) is 2. The van der Waals surface area contributed by atoms with Gasteiger partial charge in [-0.15, -0.1) is 0 Å². The van der Waals surface area contributed by atoms with E-state index in [1.165, 1.54) is 13.1 Å². The van der Waals surface area contributed by atoms with Gasteiger partial charge in [-0.25, -0.2) is 14.6 Å². The third-order valence-corrected chi connectivity index (χ3v) is 5.02. The van der Waals surface area contributed by atoms with Crippen LogP contribution in [0.5, 0.6) is 0 Å². The summed E-state index contributed by atoms with van der Waals surface area (Å²) in [7, 11) is 1.21. The summed E-state index contributed by atoms with van der Waals surface area (Å²) in [6.07, 6.45) is 1.31. The Labute approximate surface area is 188 Å². The molecule has 0 saturated heterocycles. The van der Waals surface area contributed by atoms with Crippen LogP contribution < -0.4 is 10.6 Å². The van der Waals surface area contributed by atoms with E-state index in [-0.39, 0.29) is 24.9 Å². The molecule has 0 aromatic carbocycles. The number of pyridine rings is 1. The zero-order valence-corrected chi connectivity index (χ0v) is 18.0. The molecule has 13 heteroatoms. The first-order valence-corrected chi connectivity index (χ1v) is 10.0. The van der Waals surface area contributed by atoms with Crippen LogP contribution in [0.25, 0.3) is 0 Å². The molecule has 0 saturated carbocycles. The van der Waals surface area contributed by atoms with E-state index in [0.717, 1.165) is 17.2 Å². The number of hydrogen-bond donors (Lipinski definition) is 5. The van der Waals surface area contributed by atoms with Crippen LogP contribution in [0, 0.1) is 5.95 Å². The number of aliphatic hydroxyl groups is 1. The number of halogens is 1. The molecular weight excluding hydrogens is 443 g/mol. The average molecular weight is 470 g/mol. The number of carboxylic acids is 2. The molecule has 1 aromatic rings. The predicted molar refractivity (Wildman–Crippen MR) is 111 cm³/mol. The Bertz CT molecular complexity index is 851. The molecule has 0 unspecified atom stereocenters. The third-order valence-electron chi connectivity index (χ3n) is 5.02. The molecule has 3 amide bonds. The van der Waals surface area contributed by atoms with Gasteiger partial charge in [0.15, 0.2) is 0 Å². The summed E-state index contributed by atoms with van der Waals surface area (Å²) in [5.74, 6) is -3.86. The Balaban J connectivity index is 2.63. The van der Waals surface area contributed by atoms with E-state index in [4.69, 9.17) is 5.11 Å². The molecule has 0 radical (unpaired) electrons. The number of rotatable bonds is 14. The number of carbonyl (C=O) groups is 5. The number of nitrogens with zero attached hydrogens (tertiary/aromatic N) is 2. The van der Waals surface area contributed by atoms with Crippen LogP contribution in [-0.2, 0) is 14.4 Å².